The zero-order valence-electron chi connectivity index (χ0n) is 18.5. The molecule has 0 saturated heterocycles. The third-order valence-electron chi connectivity index (χ3n) is 4.21. The fourth-order valence-corrected chi connectivity index (χ4v) is 2.44. The number of benzene rings is 1. The summed E-state index contributed by atoms with van der Waals surface area (Å²) < 4.78 is 7.59. The highest BCUT2D eigenvalue weighted by atomic mass is 16.5. The van der Waals surface area contributed by atoms with Crippen LogP contribution in [0.5, 0.6) is 5.75 Å². The maximum atomic E-state index is 10.7. The van der Waals surface area contributed by atoms with Crippen LogP contribution in [0.3, 0.4) is 0 Å². The number of aliphatic hydroxyl groups is 1. The van der Waals surface area contributed by atoms with Gasteiger partial charge in [0.2, 0.25) is 6.23 Å². The summed E-state index contributed by atoms with van der Waals surface area (Å²) in [7, 11) is 0. The number of aliphatic hydroxyl groups excluding tert-OH is 1. The summed E-state index contributed by atoms with van der Waals surface area (Å²) in [5.41, 5.74) is 1.90. The number of hydrogen-bond acceptors (Lipinski definition) is 4. The largest absolute Gasteiger partial charge is 0.466 e. The molecule has 2 aromatic rings. The predicted molar refractivity (Wildman–Crippen MR) is 119 cm³/mol. The minimum Gasteiger partial charge on any atom is -0.466 e. The molecule has 1 heterocycles. The summed E-state index contributed by atoms with van der Waals surface area (Å²) in [4.78, 5) is 3.96. The van der Waals surface area contributed by atoms with Crippen LogP contribution in [0.4, 0.5) is 0 Å². The topological polar surface area (TPSA) is 60.2 Å². The standard InChI is InChI=1S/C20H27N3O2.C4H6/c1-6-8-15(7-2)16-9-11-17(12-10-16)25-19(18(24)20(3,4)5)23-14-21-13-22-23;1-3-4-2/h6-14,18-19,24H,1-5H3;1-2H3/b8-6-,15-7+;. The molecule has 0 aliphatic carbocycles. The Morgan fingerprint density at radius 2 is 1.76 bits per heavy atom. The van der Waals surface area contributed by atoms with Gasteiger partial charge in [-0.25, -0.2) is 9.67 Å². The molecule has 156 valence electrons. The van der Waals surface area contributed by atoms with Crippen molar-refractivity contribution < 1.29 is 9.84 Å². The number of aromatic nitrogens is 3. The summed E-state index contributed by atoms with van der Waals surface area (Å²) in [6, 6.07) is 7.82. The molecule has 2 unspecified atom stereocenters. The van der Waals surface area contributed by atoms with Gasteiger partial charge in [0.15, 0.2) is 0 Å². The van der Waals surface area contributed by atoms with Crippen LogP contribution < -0.4 is 4.74 Å². The van der Waals surface area contributed by atoms with E-state index in [1.807, 2.05) is 78.8 Å². The van der Waals surface area contributed by atoms with Crippen molar-refractivity contribution in [3.8, 4) is 17.6 Å². The van der Waals surface area contributed by atoms with Crippen LogP contribution in [0.2, 0.25) is 0 Å². The first-order valence-electron chi connectivity index (χ1n) is 9.70. The van der Waals surface area contributed by atoms with Crippen LogP contribution in [-0.4, -0.2) is 26.0 Å². The van der Waals surface area contributed by atoms with Crippen LogP contribution in [0, 0.1) is 17.3 Å². The zero-order valence-corrected chi connectivity index (χ0v) is 18.5. The van der Waals surface area contributed by atoms with Crippen LogP contribution in [0.15, 0.2) is 55.1 Å². The summed E-state index contributed by atoms with van der Waals surface area (Å²) in [6.45, 7) is 13.5. The molecular formula is C24H33N3O2. The average Bonchev–Trinajstić information content (AvgIpc) is 3.24. The Kier molecular flexibility index (Phi) is 9.91. The summed E-state index contributed by atoms with van der Waals surface area (Å²) in [6.07, 6.45) is 7.74. The van der Waals surface area contributed by atoms with E-state index in [1.54, 1.807) is 11.0 Å². The number of allylic oxidation sites excluding steroid dienone is 4. The first-order chi connectivity index (χ1) is 13.8. The molecule has 0 aliphatic rings. The normalized spacial score (nSPS) is 13.7. The lowest BCUT2D eigenvalue weighted by Gasteiger charge is -2.32. The second kappa shape index (κ2) is 11.9. The Balaban J connectivity index is 0.000000960. The maximum absolute atomic E-state index is 10.7. The van der Waals surface area contributed by atoms with Crippen molar-refractivity contribution in [2.24, 2.45) is 5.41 Å². The molecule has 29 heavy (non-hydrogen) atoms. The Bertz CT molecular complexity index is 827. The highest BCUT2D eigenvalue weighted by Crippen LogP contribution is 2.30. The average molecular weight is 396 g/mol. The van der Waals surface area contributed by atoms with E-state index in [9.17, 15) is 5.11 Å². The van der Waals surface area contributed by atoms with Crippen molar-refractivity contribution in [3.63, 3.8) is 0 Å². The molecule has 0 bridgehead atoms. The molecule has 0 aliphatic heterocycles. The van der Waals surface area contributed by atoms with E-state index in [0.717, 1.165) is 11.1 Å². The third kappa shape index (κ3) is 7.59. The van der Waals surface area contributed by atoms with E-state index < -0.39 is 12.3 Å². The maximum Gasteiger partial charge on any atom is 0.219 e. The highest BCUT2D eigenvalue weighted by molar-refractivity contribution is 5.73. The van der Waals surface area contributed by atoms with Gasteiger partial charge < -0.3 is 9.84 Å². The van der Waals surface area contributed by atoms with E-state index in [1.165, 1.54) is 6.33 Å². The van der Waals surface area contributed by atoms with E-state index in [4.69, 9.17) is 4.74 Å². The van der Waals surface area contributed by atoms with Gasteiger partial charge in [-0.3, -0.25) is 0 Å². The van der Waals surface area contributed by atoms with Gasteiger partial charge in [-0.1, -0.05) is 51.1 Å². The molecule has 0 saturated carbocycles. The molecule has 0 spiro atoms. The molecule has 0 fully saturated rings. The lowest BCUT2D eigenvalue weighted by Crippen LogP contribution is -2.38. The Morgan fingerprint density at radius 1 is 1.14 bits per heavy atom. The predicted octanol–water partition coefficient (Wildman–Crippen LogP) is 5.27. The van der Waals surface area contributed by atoms with Crippen LogP contribution >= 0.6 is 0 Å². The number of nitrogens with zero attached hydrogens (tertiary/aromatic N) is 3. The van der Waals surface area contributed by atoms with Crippen molar-refractivity contribution in [2.75, 3.05) is 0 Å². The fraction of sp³-hybridized carbons (Fsp3) is 0.417. The van der Waals surface area contributed by atoms with E-state index in [2.05, 4.69) is 34.1 Å². The fourth-order valence-electron chi connectivity index (χ4n) is 2.44. The van der Waals surface area contributed by atoms with Gasteiger partial charge in [0.1, 0.15) is 24.5 Å². The van der Waals surface area contributed by atoms with Crippen LogP contribution in [-0.2, 0) is 0 Å². The second-order valence-corrected chi connectivity index (χ2v) is 7.46. The number of rotatable bonds is 6. The van der Waals surface area contributed by atoms with Crippen molar-refractivity contribution in [2.45, 2.75) is 60.8 Å². The lowest BCUT2D eigenvalue weighted by atomic mass is 9.88. The van der Waals surface area contributed by atoms with E-state index >= 15 is 0 Å². The van der Waals surface area contributed by atoms with Gasteiger partial charge in [-0.05, 0) is 56.4 Å². The van der Waals surface area contributed by atoms with Crippen molar-refractivity contribution >= 4 is 5.57 Å². The summed E-state index contributed by atoms with van der Waals surface area (Å²) >= 11 is 0. The van der Waals surface area contributed by atoms with E-state index in [0.29, 0.717) is 5.75 Å². The van der Waals surface area contributed by atoms with Gasteiger partial charge in [-0.15, -0.1) is 11.8 Å². The molecule has 0 radical (unpaired) electrons. The van der Waals surface area contributed by atoms with Crippen molar-refractivity contribution in [3.05, 3.63) is 60.7 Å². The molecule has 2 rings (SSSR count). The monoisotopic (exact) mass is 395 g/mol. The smallest absolute Gasteiger partial charge is 0.219 e. The molecule has 1 aromatic carbocycles. The summed E-state index contributed by atoms with van der Waals surface area (Å²) in [5.74, 6) is 6.03. The van der Waals surface area contributed by atoms with Gasteiger partial charge in [0.25, 0.3) is 0 Å². The Morgan fingerprint density at radius 3 is 2.17 bits per heavy atom. The lowest BCUT2D eigenvalue weighted by molar-refractivity contribution is -0.0731. The zero-order chi connectivity index (χ0) is 21.9. The molecule has 0 amide bonds. The Hall–Kier alpha value is -2.84. The van der Waals surface area contributed by atoms with Crippen LogP contribution in [0.25, 0.3) is 5.57 Å². The van der Waals surface area contributed by atoms with Gasteiger partial charge >= 0.3 is 0 Å². The number of hydrogen-bond donors (Lipinski definition) is 1. The molecule has 1 N–H and O–H groups in total. The molecule has 2 atom stereocenters. The van der Waals surface area contributed by atoms with Crippen LogP contribution in [0.1, 0.15) is 60.3 Å². The quantitative estimate of drug-likeness (QED) is 0.534. The minimum atomic E-state index is -0.747. The Labute approximate surface area is 175 Å². The first-order valence-corrected chi connectivity index (χ1v) is 9.70. The SMILES string of the molecule is C/C=C\C(=C/C)c1ccc(OC(C(O)C(C)(C)C)n2cncn2)cc1.CC#CC. The van der Waals surface area contributed by atoms with Crippen molar-refractivity contribution in [1.29, 1.82) is 0 Å². The second-order valence-electron chi connectivity index (χ2n) is 7.46. The van der Waals surface area contributed by atoms with Crippen molar-refractivity contribution in [1.82, 2.24) is 14.8 Å². The van der Waals surface area contributed by atoms with E-state index in [-0.39, 0.29) is 5.41 Å². The summed E-state index contributed by atoms with van der Waals surface area (Å²) in [5, 5.41) is 14.8. The molecule has 5 heteroatoms. The molecule has 1 aromatic heterocycles. The highest BCUT2D eigenvalue weighted by Gasteiger charge is 2.34. The third-order valence-corrected chi connectivity index (χ3v) is 4.21. The number of ether oxygens (including phenoxy) is 1. The van der Waals surface area contributed by atoms with Gasteiger partial charge in [-0.2, -0.15) is 5.10 Å². The minimum absolute atomic E-state index is 0.361. The van der Waals surface area contributed by atoms with Gasteiger partial charge in [0.05, 0.1) is 0 Å². The first kappa shape index (κ1) is 24.2. The van der Waals surface area contributed by atoms with Gasteiger partial charge in [0, 0.05) is 0 Å². The molecule has 5 nitrogen and oxygen atoms in total. The molecular weight excluding hydrogens is 362 g/mol.